The van der Waals surface area contributed by atoms with Gasteiger partial charge < -0.3 is 4.74 Å². The minimum atomic E-state index is -0.551. The summed E-state index contributed by atoms with van der Waals surface area (Å²) in [7, 11) is 1.83. The molecule has 23 heavy (non-hydrogen) atoms. The minimum Gasteiger partial charge on any atom is -0.457 e. The lowest BCUT2D eigenvalue weighted by atomic mass is 10.1. The molecular weight excluding hydrogens is 297 g/mol. The van der Waals surface area contributed by atoms with E-state index in [4.69, 9.17) is 4.74 Å². The number of hydrogen-bond donors (Lipinski definition) is 0. The number of nitrogens with zero attached hydrogens (tertiary/aromatic N) is 5. The molecule has 2 aromatic heterocycles. The van der Waals surface area contributed by atoms with Crippen LogP contribution in [0.2, 0.25) is 0 Å². The first kappa shape index (κ1) is 17.1. The molecule has 0 aromatic carbocycles. The van der Waals surface area contributed by atoms with E-state index in [1.165, 1.54) is 0 Å². The van der Waals surface area contributed by atoms with Crippen LogP contribution in [0.25, 0.3) is 0 Å². The summed E-state index contributed by atoms with van der Waals surface area (Å²) in [5.74, 6) is -0.532. The van der Waals surface area contributed by atoms with Gasteiger partial charge in [0, 0.05) is 19.0 Å². The van der Waals surface area contributed by atoms with Gasteiger partial charge >= 0.3 is 6.01 Å². The van der Waals surface area contributed by atoms with Gasteiger partial charge in [0.15, 0.2) is 11.6 Å². The van der Waals surface area contributed by atoms with Gasteiger partial charge in [-0.25, -0.2) is 14.4 Å². The summed E-state index contributed by atoms with van der Waals surface area (Å²) in [5.41, 5.74) is 1.60. The lowest BCUT2D eigenvalue weighted by Crippen LogP contribution is -2.02. The molecule has 0 saturated heterocycles. The van der Waals surface area contributed by atoms with Crippen LogP contribution >= 0.6 is 0 Å². The summed E-state index contributed by atoms with van der Waals surface area (Å²) >= 11 is 0. The van der Waals surface area contributed by atoms with Crippen molar-refractivity contribution in [2.24, 2.45) is 12.0 Å². The highest BCUT2D eigenvalue weighted by Gasteiger charge is 2.08. The third kappa shape index (κ3) is 5.43. The second kappa shape index (κ2) is 8.36. The third-order valence-electron chi connectivity index (χ3n) is 3.26. The molecule has 0 saturated carbocycles. The Morgan fingerprint density at radius 2 is 2.22 bits per heavy atom. The molecule has 0 radical (unpaired) electrons. The number of rotatable bonds is 8. The van der Waals surface area contributed by atoms with Crippen LogP contribution in [-0.2, 0) is 13.7 Å². The van der Waals surface area contributed by atoms with E-state index in [0.717, 1.165) is 43.3 Å². The molecule has 2 aromatic rings. The van der Waals surface area contributed by atoms with Crippen molar-refractivity contribution in [1.82, 2.24) is 19.7 Å². The fraction of sp³-hybridized carbons (Fsp3) is 0.500. The van der Waals surface area contributed by atoms with E-state index in [2.05, 4.69) is 27.0 Å². The topological polar surface area (TPSA) is 65.2 Å². The fourth-order valence-electron chi connectivity index (χ4n) is 2.04. The monoisotopic (exact) mass is 319 g/mol. The summed E-state index contributed by atoms with van der Waals surface area (Å²) in [6.07, 6.45) is 7.06. The summed E-state index contributed by atoms with van der Waals surface area (Å²) in [6, 6.07) is 1.93. The van der Waals surface area contributed by atoms with Crippen molar-refractivity contribution in [3.8, 4) is 6.01 Å². The molecule has 0 atom stereocenters. The Labute approximate surface area is 135 Å². The van der Waals surface area contributed by atoms with Gasteiger partial charge in [-0.05, 0) is 25.8 Å². The summed E-state index contributed by atoms with van der Waals surface area (Å²) < 4.78 is 20.9. The Morgan fingerprint density at radius 3 is 2.91 bits per heavy atom. The van der Waals surface area contributed by atoms with Crippen molar-refractivity contribution < 1.29 is 9.13 Å². The lowest BCUT2D eigenvalue weighted by Gasteiger charge is -2.04. The molecule has 7 heteroatoms. The zero-order chi connectivity index (χ0) is 16.7. The van der Waals surface area contributed by atoms with E-state index in [0.29, 0.717) is 0 Å². The first-order valence-corrected chi connectivity index (χ1v) is 7.76. The van der Waals surface area contributed by atoms with Gasteiger partial charge in [0.1, 0.15) is 6.61 Å². The van der Waals surface area contributed by atoms with Crippen LogP contribution < -0.4 is 4.74 Å². The maximum absolute atomic E-state index is 13.8. The van der Waals surface area contributed by atoms with E-state index >= 15 is 0 Å². The molecule has 0 unspecified atom stereocenters. The maximum Gasteiger partial charge on any atom is 0.318 e. The van der Waals surface area contributed by atoms with E-state index in [9.17, 15) is 4.39 Å². The smallest absolute Gasteiger partial charge is 0.318 e. The molecule has 0 bridgehead atoms. The van der Waals surface area contributed by atoms with E-state index in [-0.39, 0.29) is 18.4 Å². The number of aliphatic imine (C=N–C) groups is 1. The van der Waals surface area contributed by atoms with Crippen molar-refractivity contribution in [1.29, 1.82) is 0 Å². The largest absolute Gasteiger partial charge is 0.457 e. The predicted molar refractivity (Wildman–Crippen MR) is 86.4 cm³/mol. The van der Waals surface area contributed by atoms with E-state index in [1.807, 2.05) is 26.2 Å². The Morgan fingerprint density at radius 1 is 1.39 bits per heavy atom. The van der Waals surface area contributed by atoms with E-state index in [1.54, 1.807) is 4.68 Å². The Hall–Kier alpha value is -2.31. The van der Waals surface area contributed by atoms with Crippen LogP contribution in [-0.4, -0.2) is 25.5 Å². The average molecular weight is 319 g/mol. The lowest BCUT2D eigenvalue weighted by molar-refractivity contribution is 0.274. The van der Waals surface area contributed by atoms with Gasteiger partial charge in [-0.3, -0.25) is 4.68 Å². The van der Waals surface area contributed by atoms with Gasteiger partial charge in [-0.1, -0.05) is 19.8 Å². The number of unbranched alkanes of at least 4 members (excludes halogenated alkanes) is 2. The number of aromatic nitrogens is 4. The second-order valence-corrected chi connectivity index (χ2v) is 5.40. The van der Waals surface area contributed by atoms with Crippen LogP contribution in [0, 0.1) is 5.82 Å². The van der Waals surface area contributed by atoms with Crippen LogP contribution in [0.5, 0.6) is 6.01 Å². The Kier molecular flexibility index (Phi) is 6.19. The highest BCUT2D eigenvalue weighted by Crippen LogP contribution is 2.18. The molecule has 6 nitrogen and oxygen atoms in total. The zero-order valence-corrected chi connectivity index (χ0v) is 13.8. The molecule has 0 amide bonds. The number of aryl methyl sites for hydroxylation is 1. The van der Waals surface area contributed by atoms with Gasteiger partial charge in [-0.15, -0.1) is 0 Å². The van der Waals surface area contributed by atoms with Gasteiger partial charge in [-0.2, -0.15) is 10.1 Å². The quantitative estimate of drug-likeness (QED) is 0.551. The van der Waals surface area contributed by atoms with Crippen LogP contribution in [0.3, 0.4) is 0 Å². The molecule has 0 aliphatic rings. The molecule has 2 heterocycles. The average Bonchev–Trinajstić information content (AvgIpc) is 2.94. The Bertz CT molecular complexity index is 668. The fourth-order valence-corrected chi connectivity index (χ4v) is 2.04. The molecule has 0 N–H and O–H groups in total. The molecule has 124 valence electrons. The van der Waals surface area contributed by atoms with Gasteiger partial charge in [0.25, 0.3) is 0 Å². The first-order chi connectivity index (χ1) is 11.1. The number of ether oxygens (including phenoxy) is 1. The highest BCUT2D eigenvalue weighted by atomic mass is 19.1. The van der Waals surface area contributed by atoms with Crippen LogP contribution in [0.15, 0.2) is 23.5 Å². The summed E-state index contributed by atoms with van der Waals surface area (Å²) in [5, 5.41) is 4.19. The van der Waals surface area contributed by atoms with Crippen molar-refractivity contribution in [3.63, 3.8) is 0 Å². The van der Waals surface area contributed by atoms with Crippen LogP contribution in [0.4, 0.5) is 10.2 Å². The SMILES string of the molecule is CCCCCC(C)=Nc1nc(OCc2ccn(C)n2)ncc1F. The van der Waals surface area contributed by atoms with Crippen molar-refractivity contribution in [2.75, 3.05) is 0 Å². The summed E-state index contributed by atoms with van der Waals surface area (Å²) in [4.78, 5) is 12.1. The van der Waals surface area contributed by atoms with Gasteiger partial charge in [0.2, 0.25) is 0 Å². The van der Waals surface area contributed by atoms with Gasteiger partial charge in [0.05, 0.1) is 11.9 Å². The third-order valence-corrected chi connectivity index (χ3v) is 3.26. The summed E-state index contributed by atoms with van der Waals surface area (Å²) in [6.45, 7) is 4.25. The number of hydrogen-bond acceptors (Lipinski definition) is 5. The van der Waals surface area contributed by atoms with Crippen LogP contribution in [0.1, 0.15) is 45.2 Å². The number of halogens is 1. The maximum atomic E-state index is 13.8. The second-order valence-electron chi connectivity index (χ2n) is 5.40. The standard InChI is InChI=1S/C16H22FN5O/c1-4-5-6-7-12(2)19-15-14(17)10-18-16(20-15)23-11-13-8-9-22(3)21-13/h8-10H,4-7,11H2,1-3H3. The van der Waals surface area contributed by atoms with Crippen molar-refractivity contribution in [3.05, 3.63) is 30.0 Å². The molecule has 0 aliphatic carbocycles. The normalized spacial score (nSPS) is 11.7. The molecule has 0 aliphatic heterocycles. The van der Waals surface area contributed by atoms with Crippen molar-refractivity contribution in [2.45, 2.75) is 46.1 Å². The minimum absolute atomic E-state index is 0.0185. The molecule has 2 rings (SSSR count). The first-order valence-electron chi connectivity index (χ1n) is 7.76. The molecular formula is C16H22FN5O. The molecule has 0 spiro atoms. The predicted octanol–water partition coefficient (Wildman–Crippen LogP) is 3.60. The highest BCUT2D eigenvalue weighted by molar-refractivity contribution is 5.84. The molecule has 0 fully saturated rings. The zero-order valence-electron chi connectivity index (χ0n) is 13.8. The van der Waals surface area contributed by atoms with Crippen molar-refractivity contribution >= 4 is 11.5 Å². The Balaban J connectivity index is 2.01. The van der Waals surface area contributed by atoms with E-state index < -0.39 is 5.82 Å².